The minimum atomic E-state index is 0.450. The highest BCUT2D eigenvalue weighted by atomic mass is 79.9. The molecule has 1 atom stereocenters. The van der Waals surface area contributed by atoms with Crippen molar-refractivity contribution >= 4 is 21.6 Å². The van der Waals surface area contributed by atoms with Gasteiger partial charge in [-0.2, -0.15) is 5.26 Å². The molecule has 1 aromatic rings. The zero-order chi connectivity index (χ0) is 13.1. The standard InChI is InChI=1S/C14H18BrN3/c1-11-10-17(2)5-6-18(11)14-4-3-12(8-15)7-13(14)9-16/h3-4,7,11H,5-6,8,10H2,1-2H3. The lowest BCUT2D eigenvalue weighted by Gasteiger charge is -2.40. The van der Waals surface area contributed by atoms with Gasteiger partial charge in [-0.15, -0.1) is 0 Å². The normalized spacial score (nSPS) is 20.8. The summed E-state index contributed by atoms with van der Waals surface area (Å²) in [7, 11) is 2.15. The summed E-state index contributed by atoms with van der Waals surface area (Å²) < 4.78 is 0. The van der Waals surface area contributed by atoms with Crippen LogP contribution in [-0.2, 0) is 5.33 Å². The van der Waals surface area contributed by atoms with Gasteiger partial charge in [0.2, 0.25) is 0 Å². The Morgan fingerprint density at radius 3 is 2.83 bits per heavy atom. The van der Waals surface area contributed by atoms with E-state index >= 15 is 0 Å². The Hall–Kier alpha value is -1.05. The van der Waals surface area contributed by atoms with Gasteiger partial charge in [0.1, 0.15) is 6.07 Å². The minimum Gasteiger partial charge on any atom is -0.365 e. The highest BCUT2D eigenvalue weighted by Crippen LogP contribution is 2.26. The molecule has 3 nitrogen and oxygen atoms in total. The number of alkyl halides is 1. The maximum Gasteiger partial charge on any atom is 0.101 e. The van der Waals surface area contributed by atoms with Crippen molar-refractivity contribution in [2.45, 2.75) is 18.3 Å². The van der Waals surface area contributed by atoms with E-state index in [1.807, 2.05) is 6.07 Å². The number of anilines is 1. The van der Waals surface area contributed by atoms with Gasteiger partial charge in [0.25, 0.3) is 0 Å². The molecule has 96 valence electrons. The molecule has 1 unspecified atom stereocenters. The number of likely N-dealkylation sites (N-methyl/N-ethyl adjacent to an activating group) is 1. The number of hydrogen-bond donors (Lipinski definition) is 0. The number of rotatable bonds is 2. The van der Waals surface area contributed by atoms with Gasteiger partial charge in [0.15, 0.2) is 0 Å². The van der Waals surface area contributed by atoms with Crippen molar-refractivity contribution in [3.8, 4) is 6.07 Å². The number of nitrogens with zero attached hydrogens (tertiary/aromatic N) is 3. The van der Waals surface area contributed by atoms with Crippen molar-refractivity contribution in [3.63, 3.8) is 0 Å². The second-order valence-corrected chi connectivity index (χ2v) is 5.46. The molecular weight excluding hydrogens is 290 g/mol. The third-order valence-electron chi connectivity index (χ3n) is 3.48. The Morgan fingerprint density at radius 2 is 2.22 bits per heavy atom. The number of nitriles is 1. The van der Waals surface area contributed by atoms with Crippen LogP contribution in [0.15, 0.2) is 18.2 Å². The first-order chi connectivity index (χ1) is 8.65. The lowest BCUT2D eigenvalue weighted by molar-refractivity contribution is 0.275. The van der Waals surface area contributed by atoms with Crippen LogP contribution in [0.1, 0.15) is 18.1 Å². The fraction of sp³-hybridized carbons (Fsp3) is 0.500. The summed E-state index contributed by atoms with van der Waals surface area (Å²) in [6.07, 6.45) is 0. The summed E-state index contributed by atoms with van der Waals surface area (Å²) in [6.45, 7) is 5.30. The predicted molar refractivity (Wildman–Crippen MR) is 78.1 cm³/mol. The molecule has 1 aromatic carbocycles. The summed E-state index contributed by atoms with van der Waals surface area (Å²) in [4.78, 5) is 4.68. The summed E-state index contributed by atoms with van der Waals surface area (Å²) in [5.74, 6) is 0. The molecule has 1 fully saturated rings. The van der Waals surface area contributed by atoms with E-state index in [1.165, 1.54) is 0 Å². The first-order valence-corrected chi connectivity index (χ1v) is 7.32. The maximum atomic E-state index is 9.30. The molecule has 1 saturated heterocycles. The van der Waals surface area contributed by atoms with Gasteiger partial charge in [0.05, 0.1) is 11.3 Å². The molecule has 0 amide bonds. The second kappa shape index (κ2) is 5.73. The first-order valence-electron chi connectivity index (χ1n) is 6.20. The van der Waals surface area contributed by atoms with Crippen LogP contribution < -0.4 is 4.90 Å². The number of piperazine rings is 1. The summed E-state index contributed by atoms with van der Waals surface area (Å²) >= 11 is 3.43. The van der Waals surface area contributed by atoms with E-state index in [1.54, 1.807) is 0 Å². The summed E-state index contributed by atoms with van der Waals surface area (Å²) in [6, 6.07) is 8.93. The van der Waals surface area contributed by atoms with Crippen molar-refractivity contribution in [2.24, 2.45) is 0 Å². The van der Waals surface area contributed by atoms with Gasteiger partial charge in [-0.1, -0.05) is 22.0 Å². The highest BCUT2D eigenvalue weighted by Gasteiger charge is 2.23. The van der Waals surface area contributed by atoms with Crippen LogP contribution >= 0.6 is 15.9 Å². The Bertz CT molecular complexity index is 467. The number of hydrogen-bond acceptors (Lipinski definition) is 3. The van der Waals surface area contributed by atoms with Gasteiger partial charge < -0.3 is 9.80 Å². The molecule has 18 heavy (non-hydrogen) atoms. The Morgan fingerprint density at radius 1 is 1.44 bits per heavy atom. The lowest BCUT2D eigenvalue weighted by Crippen LogP contribution is -2.50. The van der Waals surface area contributed by atoms with Crippen molar-refractivity contribution in [3.05, 3.63) is 29.3 Å². The molecule has 2 rings (SSSR count). The fourth-order valence-electron chi connectivity index (χ4n) is 2.50. The summed E-state index contributed by atoms with van der Waals surface area (Å²) in [5.41, 5.74) is 3.00. The van der Waals surface area contributed by atoms with E-state index in [0.717, 1.165) is 41.8 Å². The van der Waals surface area contributed by atoms with Gasteiger partial charge >= 0.3 is 0 Å². The predicted octanol–water partition coefficient (Wildman–Crippen LogP) is 2.59. The van der Waals surface area contributed by atoms with Crippen LogP contribution in [0.25, 0.3) is 0 Å². The van der Waals surface area contributed by atoms with Crippen LogP contribution in [0.4, 0.5) is 5.69 Å². The monoisotopic (exact) mass is 307 g/mol. The van der Waals surface area contributed by atoms with Gasteiger partial charge in [-0.05, 0) is 31.7 Å². The number of halogens is 1. The SMILES string of the molecule is CC1CN(C)CCN1c1ccc(CBr)cc1C#N. The van der Waals surface area contributed by atoms with Crippen molar-refractivity contribution < 1.29 is 0 Å². The van der Waals surface area contributed by atoms with Crippen LogP contribution in [0.2, 0.25) is 0 Å². The van der Waals surface area contributed by atoms with Crippen LogP contribution in [-0.4, -0.2) is 37.6 Å². The molecule has 0 radical (unpaired) electrons. The average molecular weight is 308 g/mol. The van der Waals surface area contributed by atoms with E-state index < -0.39 is 0 Å². The first kappa shape index (κ1) is 13.4. The molecule has 0 N–H and O–H groups in total. The smallest absolute Gasteiger partial charge is 0.101 e. The molecule has 1 aliphatic heterocycles. The molecule has 0 aliphatic carbocycles. The lowest BCUT2D eigenvalue weighted by atomic mass is 10.1. The minimum absolute atomic E-state index is 0.450. The van der Waals surface area contributed by atoms with Crippen molar-refractivity contribution in [1.82, 2.24) is 4.90 Å². The third-order valence-corrected chi connectivity index (χ3v) is 4.12. The van der Waals surface area contributed by atoms with Gasteiger partial charge in [-0.3, -0.25) is 0 Å². The molecular formula is C14H18BrN3. The van der Waals surface area contributed by atoms with Crippen LogP contribution in [0, 0.1) is 11.3 Å². The van der Waals surface area contributed by atoms with E-state index in [0.29, 0.717) is 6.04 Å². The molecule has 1 aliphatic rings. The largest absolute Gasteiger partial charge is 0.365 e. The molecule has 1 heterocycles. The topological polar surface area (TPSA) is 30.3 Å². The van der Waals surface area contributed by atoms with Crippen LogP contribution in [0.5, 0.6) is 0 Å². The zero-order valence-electron chi connectivity index (χ0n) is 10.9. The van der Waals surface area contributed by atoms with Crippen molar-refractivity contribution in [2.75, 3.05) is 31.6 Å². The molecule has 4 heteroatoms. The molecule has 0 saturated carbocycles. The Balaban J connectivity index is 2.30. The fourth-order valence-corrected chi connectivity index (χ4v) is 2.85. The average Bonchev–Trinajstić information content (AvgIpc) is 2.38. The number of benzene rings is 1. The van der Waals surface area contributed by atoms with E-state index in [4.69, 9.17) is 0 Å². The molecule has 0 spiro atoms. The van der Waals surface area contributed by atoms with Crippen LogP contribution in [0.3, 0.4) is 0 Å². The molecule has 0 aromatic heterocycles. The second-order valence-electron chi connectivity index (χ2n) is 4.90. The van der Waals surface area contributed by atoms with Crippen molar-refractivity contribution in [1.29, 1.82) is 5.26 Å². The third kappa shape index (κ3) is 2.68. The highest BCUT2D eigenvalue weighted by molar-refractivity contribution is 9.08. The Kier molecular flexibility index (Phi) is 4.26. The molecule has 0 bridgehead atoms. The van der Waals surface area contributed by atoms with E-state index in [-0.39, 0.29) is 0 Å². The van der Waals surface area contributed by atoms with Gasteiger partial charge in [0, 0.05) is 31.0 Å². The maximum absolute atomic E-state index is 9.30. The Labute approximate surface area is 117 Å². The van der Waals surface area contributed by atoms with Gasteiger partial charge in [-0.25, -0.2) is 0 Å². The quantitative estimate of drug-likeness (QED) is 0.787. The zero-order valence-corrected chi connectivity index (χ0v) is 12.4. The summed E-state index contributed by atoms with van der Waals surface area (Å²) in [5, 5.41) is 10.1. The van der Waals surface area contributed by atoms with E-state index in [2.05, 4.69) is 57.9 Å². The van der Waals surface area contributed by atoms with E-state index in [9.17, 15) is 5.26 Å².